The topological polar surface area (TPSA) is 108 Å². The van der Waals surface area contributed by atoms with Crippen LogP contribution in [0.2, 0.25) is 0 Å². The summed E-state index contributed by atoms with van der Waals surface area (Å²) >= 11 is 0. The molecule has 0 aliphatic carbocycles. The molecule has 0 unspecified atom stereocenters. The number of nitrogens with zero attached hydrogens (tertiary/aromatic N) is 4. The number of hydrogen-bond donors (Lipinski definition) is 3. The second-order valence-corrected chi connectivity index (χ2v) is 9.16. The highest BCUT2D eigenvalue weighted by molar-refractivity contribution is 5.97. The average Bonchev–Trinajstić information content (AvgIpc) is 3.73. The highest BCUT2D eigenvalue weighted by atomic mass is 16.3. The van der Waals surface area contributed by atoms with Crippen molar-refractivity contribution in [2.45, 2.75) is 13.1 Å². The SMILES string of the molecule is c1ccc(CNCc2cncc(-c3ccc4[nH]nc(-c5nc6nccc(-c7ccoc7)c6[nH]5)c4c3)c2)cc1. The van der Waals surface area contributed by atoms with Crippen molar-refractivity contribution in [3.63, 3.8) is 0 Å². The first-order valence-corrected chi connectivity index (χ1v) is 12.4. The van der Waals surface area contributed by atoms with Crippen LogP contribution in [0.15, 0.2) is 102 Å². The average molecular weight is 498 g/mol. The third-order valence-electron chi connectivity index (χ3n) is 6.64. The van der Waals surface area contributed by atoms with E-state index in [4.69, 9.17) is 9.40 Å². The number of aromatic nitrogens is 6. The number of aromatic amines is 2. The monoisotopic (exact) mass is 497 g/mol. The van der Waals surface area contributed by atoms with E-state index in [1.54, 1.807) is 18.7 Å². The number of nitrogens with one attached hydrogen (secondary N) is 3. The van der Waals surface area contributed by atoms with Crippen LogP contribution in [-0.4, -0.2) is 30.1 Å². The summed E-state index contributed by atoms with van der Waals surface area (Å²) in [4.78, 5) is 17.1. The molecule has 8 nitrogen and oxygen atoms in total. The number of pyridine rings is 2. The Hall–Kier alpha value is -5.08. The molecule has 0 atom stereocenters. The van der Waals surface area contributed by atoms with Gasteiger partial charge in [-0.1, -0.05) is 36.4 Å². The Balaban J connectivity index is 1.20. The van der Waals surface area contributed by atoms with E-state index in [2.05, 4.69) is 72.9 Å². The number of imidazole rings is 1. The van der Waals surface area contributed by atoms with Crippen molar-refractivity contribution < 1.29 is 4.42 Å². The van der Waals surface area contributed by atoms with Gasteiger partial charge in [-0.3, -0.25) is 10.1 Å². The zero-order valence-corrected chi connectivity index (χ0v) is 20.3. The van der Waals surface area contributed by atoms with Gasteiger partial charge >= 0.3 is 0 Å². The van der Waals surface area contributed by atoms with E-state index in [1.165, 1.54) is 5.56 Å². The van der Waals surface area contributed by atoms with Gasteiger partial charge in [0.25, 0.3) is 0 Å². The molecule has 7 aromatic rings. The molecule has 5 aromatic heterocycles. The van der Waals surface area contributed by atoms with Gasteiger partial charge in [-0.05, 0) is 47.0 Å². The molecule has 0 radical (unpaired) electrons. The number of benzene rings is 2. The highest BCUT2D eigenvalue weighted by Crippen LogP contribution is 2.32. The van der Waals surface area contributed by atoms with E-state index in [1.807, 2.05) is 36.7 Å². The van der Waals surface area contributed by atoms with Crippen LogP contribution in [0.4, 0.5) is 0 Å². The lowest BCUT2D eigenvalue weighted by molar-refractivity contribution is 0.568. The molecule has 0 spiro atoms. The van der Waals surface area contributed by atoms with Crippen LogP contribution >= 0.6 is 0 Å². The molecule has 0 bridgehead atoms. The summed E-state index contributed by atoms with van der Waals surface area (Å²) in [6.45, 7) is 1.55. The molecular weight excluding hydrogens is 474 g/mol. The molecule has 0 saturated heterocycles. The van der Waals surface area contributed by atoms with E-state index in [0.717, 1.165) is 63.0 Å². The lowest BCUT2D eigenvalue weighted by atomic mass is 10.0. The molecule has 0 saturated carbocycles. The Labute approximate surface area is 217 Å². The maximum atomic E-state index is 5.28. The minimum Gasteiger partial charge on any atom is -0.472 e. The first-order chi connectivity index (χ1) is 18.8. The zero-order chi connectivity index (χ0) is 25.3. The highest BCUT2D eigenvalue weighted by Gasteiger charge is 2.16. The van der Waals surface area contributed by atoms with Gasteiger partial charge in [-0.25, -0.2) is 9.97 Å². The fraction of sp³-hybridized carbons (Fsp3) is 0.0667. The summed E-state index contributed by atoms with van der Waals surface area (Å²) in [6, 6.07) is 22.7. The second-order valence-electron chi connectivity index (χ2n) is 9.16. The minimum absolute atomic E-state index is 0.630. The summed E-state index contributed by atoms with van der Waals surface area (Å²) in [7, 11) is 0. The summed E-state index contributed by atoms with van der Waals surface area (Å²) in [6.07, 6.45) is 8.92. The molecule has 184 valence electrons. The van der Waals surface area contributed by atoms with Crippen molar-refractivity contribution in [1.29, 1.82) is 0 Å². The Morgan fingerprint density at radius 1 is 0.842 bits per heavy atom. The van der Waals surface area contributed by atoms with Gasteiger partial charge in [0.1, 0.15) is 5.69 Å². The maximum absolute atomic E-state index is 5.28. The van der Waals surface area contributed by atoms with Crippen LogP contribution in [0.5, 0.6) is 0 Å². The van der Waals surface area contributed by atoms with Crippen molar-refractivity contribution in [2.75, 3.05) is 0 Å². The third-order valence-corrected chi connectivity index (χ3v) is 6.64. The quantitative estimate of drug-likeness (QED) is 0.245. The molecule has 0 aliphatic rings. The lowest BCUT2D eigenvalue weighted by Gasteiger charge is -2.07. The Morgan fingerprint density at radius 2 is 1.76 bits per heavy atom. The van der Waals surface area contributed by atoms with E-state index < -0.39 is 0 Å². The van der Waals surface area contributed by atoms with Crippen LogP contribution in [0, 0.1) is 0 Å². The van der Waals surface area contributed by atoms with Crippen LogP contribution in [-0.2, 0) is 13.1 Å². The summed E-state index contributed by atoms with van der Waals surface area (Å²) in [5.41, 5.74) is 9.58. The molecule has 38 heavy (non-hydrogen) atoms. The van der Waals surface area contributed by atoms with Gasteiger partial charge in [0, 0.05) is 53.8 Å². The van der Waals surface area contributed by atoms with E-state index >= 15 is 0 Å². The summed E-state index contributed by atoms with van der Waals surface area (Å²) in [5.74, 6) is 0.656. The molecule has 8 heteroatoms. The summed E-state index contributed by atoms with van der Waals surface area (Å²) in [5, 5.41) is 12.2. The number of furan rings is 1. The number of fused-ring (bicyclic) bond motifs is 2. The Morgan fingerprint density at radius 3 is 2.66 bits per heavy atom. The predicted molar refractivity (Wildman–Crippen MR) is 147 cm³/mol. The lowest BCUT2D eigenvalue weighted by Crippen LogP contribution is -2.12. The van der Waals surface area contributed by atoms with Crippen LogP contribution in [0.1, 0.15) is 11.1 Å². The normalized spacial score (nSPS) is 11.5. The third kappa shape index (κ3) is 4.12. The Bertz CT molecular complexity index is 1850. The van der Waals surface area contributed by atoms with Crippen molar-refractivity contribution in [3.8, 4) is 33.8 Å². The van der Waals surface area contributed by atoms with Gasteiger partial charge in [-0.15, -0.1) is 0 Å². The van der Waals surface area contributed by atoms with Gasteiger partial charge in [-0.2, -0.15) is 5.10 Å². The second kappa shape index (κ2) is 9.42. The summed E-state index contributed by atoms with van der Waals surface area (Å²) < 4.78 is 5.28. The van der Waals surface area contributed by atoms with E-state index in [9.17, 15) is 0 Å². The molecule has 5 heterocycles. The predicted octanol–water partition coefficient (Wildman–Crippen LogP) is 6.11. The fourth-order valence-electron chi connectivity index (χ4n) is 4.74. The van der Waals surface area contributed by atoms with Crippen molar-refractivity contribution in [3.05, 3.63) is 109 Å². The Kier molecular flexibility index (Phi) is 5.49. The van der Waals surface area contributed by atoms with Crippen LogP contribution in [0.3, 0.4) is 0 Å². The van der Waals surface area contributed by atoms with E-state index in [0.29, 0.717) is 11.5 Å². The zero-order valence-electron chi connectivity index (χ0n) is 20.3. The number of rotatable bonds is 7. The van der Waals surface area contributed by atoms with Crippen molar-refractivity contribution in [1.82, 2.24) is 35.5 Å². The minimum atomic E-state index is 0.630. The first kappa shape index (κ1) is 22.1. The van der Waals surface area contributed by atoms with E-state index in [-0.39, 0.29) is 0 Å². The van der Waals surface area contributed by atoms with Crippen LogP contribution < -0.4 is 5.32 Å². The molecule has 0 aliphatic heterocycles. The van der Waals surface area contributed by atoms with Gasteiger partial charge < -0.3 is 14.7 Å². The van der Waals surface area contributed by atoms with Crippen LogP contribution in [0.25, 0.3) is 55.8 Å². The van der Waals surface area contributed by atoms with Gasteiger partial charge in [0.2, 0.25) is 0 Å². The maximum Gasteiger partial charge on any atom is 0.178 e. The molecule has 0 amide bonds. The standard InChI is InChI=1S/C30H23N7O/c1-2-4-19(5-3-1)14-31-15-20-12-23(17-32-16-20)21-6-7-26-25(13-21)28(37-36-26)30-34-27-24(22-9-11-38-18-22)8-10-33-29(27)35-30/h1-13,16-18,31H,14-15H2,(H,36,37)(H,33,34,35). The van der Waals surface area contributed by atoms with Crippen molar-refractivity contribution >= 4 is 22.1 Å². The molecule has 7 rings (SSSR count). The van der Waals surface area contributed by atoms with Gasteiger partial charge in [0.05, 0.1) is 23.6 Å². The smallest absolute Gasteiger partial charge is 0.178 e. The molecule has 0 fully saturated rings. The molecule has 3 N–H and O–H groups in total. The van der Waals surface area contributed by atoms with Gasteiger partial charge in [0.15, 0.2) is 11.5 Å². The molecule has 2 aromatic carbocycles. The van der Waals surface area contributed by atoms with Crippen molar-refractivity contribution in [2.24, 2.45) is 0 Å². The molecular formula is C30H23N7O. The number of H-pyrrole nitrogens is 2. The first-order valence-electron chi connectivity index (χ1n) is 12.4. The largest absolute Gasteiger partial charge is 0.472 e. The number of hydrogen-bond acceptors (Lipinski definition) is 6. The fourth-order valence-corrected chi connectivity index (χ4v) is 4.74.